The van der Waals surface area contributed by atoms with Crippen molar-refractivity contribution in [3.05, 3.63) is 44.1 Å². The maximum atomic E-state index is 6.30. The summed E-state index contributed by atoms with van der Waals surface area (Å²) in [5, 5.41) is 5.01. The zero-order valence-electron chi connectivity index (χ0n) is 9.64. The molecule has 1 fully saturated rings. The van der Waals surface area contributed by atoms with E-state index in [2.05, 4.69) is 42.6 Å². The Balaban J connectivity index is 1.89. The van der Waals surface area contributed by atoms with Crippen molar-refractivity contribution in [1.29, 1.82) is 0 Å². The lowest BCUT2D eigenvalue weighted by atomic mass is 10.3. The van der Waals surface area contributed by atoms with Crippen LogP contribution < -0.4 is 4.90 Å². The first-order chi connectivity index (χ1) is 8.74. The van der Waals surface area contributed by atoms with Crippen LogP contribution in [0.4, 0.5) is 5.82 Å². The molecular formula is C13H12BrClN2S. The minimum atomic E-state index is 0.594. The number of nitrogens with zero attached hydrogens (tertiary/aromatic N) is 2. The molecule has 3 rings (SSSR count). The van der Waals surface area contributed by atoms with Gasteiger partial charge in [0, 0.05) is 23.3 Å². The van der Waals surface area contributed by atoms with E-state index in [-0.39, 0.29) is 0 Å². The van der Waals surface area contributed by atoms with Gasteiger partial charge in [-0.05, 0) is 57.2 Å². The van der Waals surface area contributed by atoms with Crippen LogP contribution in [-0.2, 0) is 6.54 Å². The molecule has 18 heavy (non-hydrogen) atoms. The number of aromatic nitrogens is 1. The van der Waals surface area contributed by atoms with Crippen molar-refractivity contribution >= 4 is 44.7 Å². The Bertz CT molecular complexity index is 540. The van der Waals surface area contributed by atoms with Crippen LogP contribution in [-0.4, -0.2) is 11.0 Å². The van der Waals surface area contributed by atoms with Crippen molar-refractivity contribution in [3.63, 3.8) is 0 Å². The molecule has 2 aromatic rings. The number of anilines is 1. The first kappa shape index (κ1) is 12.5. The Morgan fingerprint density at radius 2 is 2.33 bits per heavy atom. The van der Waals surface area contributed by atoms with Crippen LogP contribution in [0, 0.1) is 0 Å². The van der Waals surface area contributed by atoms with Crippen LogP contribution in [0.15, 0.2) is 33.6 Å². The molecule has 1 saturated carbocycles. The van der Waals surface area contributed by atoms with Crippen molar-refractivity contribution in [2.75, 3.05) is 4.90 Å². The topological polar surface area (TPSA) is 16.1 Å². The Labute approximate surface area is 124 Å². The van der Waals surface area contributed by atoms with Gasteiger partial charge in [0.1, 0.15) is 5.82 Å². The Kier molecular flexibility index (Phi) is 3.59. The third kappa shape index (κ3) is 2.71. The molecule has 0 aromatic carbocycles. The van der Waals surface area contributed by atoms with Crippen molar-refractivity contribution < 1.29 is 0 Å². The summed E-state index contributed by atoms with van der Waals surface area (Å²) in [6.45, 7) is 0.891. The highest BCUT2D eigenvalue weighted by Crippen LogP contribution is 2.36. The molecule has 2 aromatic heterocycles. The molecule has 0 bridgehead atoms. The Hall–Kier alpha value is -0.580. The number of thiophene rings is 1. The van der Waals surface area contributed by atoms with E-state index in [1.165, 1.54) is 18.4 Å². The van der Waals surface area contributed by atoms with Gasteiger partial charge in [0.25, 0.3) is 0 Å². The number of halogens is 2. The molecule has 0 atom stereocenters. The van der Waals surface area contributed by atoms with Crippen molar-refractivity contribution in [3.8, 4) is 0 Å². The average Bonchev–Trinajstić information content (AvgIpc) is 3.05. The number of hydrogen-bond donors (Lipinski definition) is 0. The second kappa shape index (κ2) is 5.19. The maximum Gasteiger partial charge on any atom is 0.147 e. The molecule has 2 nitrogen and oxygen atoms in total. The van der Waals surface area contributed by atoms with E-state index in [0.29, 0.717) is 11.1 Å². The smallest absolute Gasteiger partial charge is 0.147 e. The van der Waals surface area contributed by atoms with Gasteiger partial charge in [-0.1, -0.05) is 11.6 Å². The van der Waals surface area contributed by atoms with E-state index in [4.69, 9.17) is 11.6 Å². The van der Waals surface area contributed by atoms with Crippen molar-refractivity contribution in [2.45, 2.75) is 25.4 Å². The Morgan fingerprint density at radius 1 is 1.50 bits per heavy atom. The molecule has 0 spiro atoms. The van der Waals surface area contributed by atoms with E-state index in [1.54, 1.807) is 11.3 Å². The van der Waals surface area contributed by atoms with Gasteiger partial charge in [-0.2, -0.15) is 11.3 Å². The molecule has 1 aliphatic carbocycles. The van der Waals surface area contributed by atoms with Gasteiger partial charge in [-0.25, -0.2) is 4.98 Å². The molecule has 0 saturated heterocycles. The van der Waals surface area contributed by atoms with Crippen LogP contribution in [0.5, 0.6) is 0 Å². The molecular weight excluding hydrogens is 332 g/mol. The quantitative estimate of drug-likeness (QED) is 0.798. The zero-order valence-corrected chi connectivity index (χ0v) is 12.8. The third-order valence-corrected chi connectivity index (χ3v) is 4.42. The van der Waals surface area contributed by atoms with Gasteiger partial charge in [0.2, 0.25) is 0 Å². The second-order valence-electron chi connectivity index (χ2n) is 4.45. The number of pyridine rings is 1. The average molecular weight is 344 g/mol. The molecule has 94 valence electrons. The lowest BCUT2D eigenvalue weighted by molar-refractivity contribution is 0.780. The molecule has 0 N–H and O–H groups in total. The summed E-state index contributed by atoms with van der Waals surface area (Å²) >= 11 is 11.4. The van der Waals surface area contributed by atoms with E-state index in [0.717, 1.165) is 16.8 Å². The van der Waals surface area contributed by atoms with Crippen molar-refractivity contribution in [1.82, 2.24) is 4.98 Å². The van der Waals surface area contributed by atoms with Crippen LogP contribution >= 0.6 is 38.9 Å². The summed E-state index contributed by atoms with van der Waals surface area (Å²) < 4.78 is 0.919. The van der Waals surface area contributed by atoms with Gasteiger partial charge in [-0.3, -0.25) is 0 Å². The largest absolute Gasteiger partial charge is 0.348 e. The van der Waals surface area contributed by atoms with Gasteiger partial charge < -0.3 is 4.90 Å². The standard InChI is InChI=1S/C13H12BrClN2S/c14-10-5-12(15)13(16-6-10)17(11-1-2-11)7-9-3-4-18-8-9/h3-6,8,11H,1-2,7H2. The van der Waals surface area contributed by atoms with Gasteiger partial charge >= 0.3 is 0 Å². The van der Waals surface area contributed by atoms with Crippen LogP contribution in [0.2, 0.25) is 5.02 Å². The van der Waals surface area contributed by atoms with Gasteiger partial charge in [0.15, 0.2) is 0 Å². The SMILES string of the molecule is Clc1cc(Br)cnc1N(Cc1ccsc1)C1CC1. The fourth-order valence-electron chi connectivity index (χ4n) is 1.96. The van der Waals surface area contributed by atoms with E-state index in [1.807, 2.05) is 12.3 Å². The van der Waals surface area contributed by atoms with E-state index >= 15 is 0 Å². The summed E-state index contributed by atoms with van der Waals surface area (Å²) in [6, 6.07) is 4.66. The minimum Gasteiger partial charge on any atom is -0.348 e. The predicted molar refractivity (Wildman–Crippen MR) is 80.5 cm³/mol. The maximum absolute atomic E-state index is 6.30. The van der Waals surface area contributed by atoms with Crippen LogP contribution in [0.1, 0.15) is 18.4 Å². The van der Waals surface area contributed by atoms with Gasteiger partial charge in [0.05, 0.1) is 5.02 Å². The fraction of sp³-hybridized carbons (Fsp3) is 0.308. The number of hydrogen-bond acceptors (Lipinski definition) is 3. The Morgan fingerprint density at radius 3 is 2.94 bits per heavy atom. The highest BCUT2D eigenvalue weighted by atomic mass is 79.9. The summed E-state index contributed by atoms with van der Waals surface area (Å²) in [4.78, 5) is 6.79. The molecule has 2 heterocycles. The normalized spacial score (nSPS) is 14.8. The predicted octanol–water partition coefficient (Wildman–Crippen LogP) is 4.73. The van der Waals surface area contributed by atoms with Crippen molar-refractivity contribution in [2.24, 2.45) is 0 Å². The summed E-state index contributed by atoms with van der Waals surface area (Å²) in [7, 11) is 0. The lowest BCUT2D eigenvalue weighted by Crippen LogP contribution is -2.26. The zero-order chi connectivity index (χ0) is 12.5. The highest BCUT2D eigenvalue weighted by Gasteiger charge is 2.31. The molecule has 0 amide bonds. The third-order valence-electron chi connectivity index (χ3n) is 2.98. The molecule has 5 heteroatoms. The second-order valence-corrected chi connectivity index (χ2v) is 6.55. The lowest BCUT2D eigenvalue weighted by Gasteiger charge is -2.24. The minimum absolute atomic E-state index is 0.594. The van der Waals surface area contributed by atoms with Crippen LogP contribution in [0.25, 0.3) is 0 Å². The molecule has 0 radical (unpaired) electrons. The summed E-state index contributed by atoms with van der Waals surface area (Å²) in [5.41, 5.74) is 1.33. The fourth-order valence-corrected chi connectivity index (χ4v) is 3.36. The summed E-state index contributed by atoms with van der Waals surface area (Å²) in [5.74, 6) is 0.897. The molecule has 1 aliphatic rings. The van der Waals surface area contributed by atoms with E-state index in [9.17, 15) is 0 Å². The first-order valence-corrected chi connectivity index (χ1v) is 7.94. The van der Waals surface area contributed by atoms with Crippen LogP contribution in [0.3, 0.4) is 0 Å². The highest BCUT2D eigenvalue weighted by molar-refractivity contribution is 9.10. The van der Waals surface area contributed by atoms with Gasteiger partial charge in [-0.15, -0.1) is 0 Å². The number of rotatable bonds is 4. The monoisotopic (exact) mass is 342 g/mol. The molecule has 0 unspecified atom stereocenters. The van der Waals surface area contributed by atoms with E-state index < -0.39 is 0 Å². The molecule has 0 aliphatic heterocycles. The first-order valence-electron chi connectivity index (χ1n) is 5.83. The summed E-state index contributed by atoms with van der Waals surface area (Å²) in [6.07, 6.45) is 4.28.